The Hall–Kier alpha value is -2.29. The van der Waals surface area contributed by atoms with Crippen molar-refractivity contribution in [2.75, 3.05) is 0 Å². The minimum atomic E-state index is -0.341. The lowest BCUT2D eigenvalue weighted by Crippen LogP contribution is -2.11. The summed E-state index contributed by atoms with van der Waals surface area (Å²) in [4.78, 5) is 11.7. The van der Waals surface area contributed by atoms with Crippen LogP contribution in [0.5, 0.6) is 11.5 Å². The van der Waals surface area contributed by atoms with Gasteiger partial charge in [-0.05, 0) is 30.2 Å². The first kappa shape index (κ1) is 12.2. The highest BCUT2D eigenvalue weighted by atomic mass is 16.5. The van der Waals surface area contributed by atoms with Gasteiger partial charge in [0.15, 0.2) is 0 Å². The first-order chi connectivity index (χ1) is 8.63. The van der Waals surface area contributed by atoms with Gasteiger partial charge in [0.1, 0.15) is 11.5 Å². The van der Waals surface area contributed by atoms with Gasteiger partial charge in [0, 0.05) is 6.07 Å². The van der Waals surface area contributed by atoms with Gasteiger partial charge < -0.3 is 9.84 Å². The number of carbonyl (C=O) groups is 1. The summed E-state index contributed by atoms with van der Waals surface area (Å²) in [5.74, 6) is 0.122. The van der Waals surface area contributed by atoms with Crippen molar-refractivity contribution in [3.63, 3.8) is 0 Å². The van der Waals surface area contributed by atoms with Crippen LogP contribution in [0.3, 0.4) is 0 Å². The number of hydrogen-bond acceptors (Lipinski definition) is 3. The van der Waals surface area contributed by atoms with E-state index in [9.17, 15) is 9.90 Å². The van der Waals surface area contributed by atoms with Gasteiger partial charge in [-0.2, -0.15) is 0 Å². The predicted molar refractivity (Wildman–Crippen MR) is 68.6 cm³/mol. The summed E-state index contributed by atoms with van der Waals surface area (Å²) >= 11 is 0. The smallest absolute Gasteiger partial charge is 0.315 e. The normalized spacial score (nSPS) is 10.1. The highest BCUT2D eigenvalue weighted by molar-refractivity contribution is 5.75. The van der Waals surface area contributed by atoms with Gasteiger partial charge in [-0.3, -0.25) is 4.79 Å². The van der Waals surface area contributed by atoms with Gasteiger partial charge >= 0.3 is 5.97 Å². The molecule has 0 unspecified atom stereocenters. The van der Waals surface area contributed by atoms with Crippen LogP contribution >= 0.6 is 0 Å². The van der Waals surface area contributed by atoms with E-state index in [1.807, 2.05) is 37.3 Å². The molecular formula is C15H14O3. The van der Waals surface area contributed by atoms with Crippen molar-refractivity contribution in [3.05, 3.63) is 59.7 Å². The summed E-state index contributed by atoms with van der Waals surface area (Å²) in [6.45, 7) is 1.83. The third-order valence-corrected chi connectivity index (χ3v) is 2.46. The Labute approximate surface area is 106 Å². The molecule has 0 saturated heterocycles. The molecule has 0 heterocycles. The maximum Gasteiger partial charge on any atom is 0.315 e. The van der Waals surface area contributed by atoms with Crippen molar-refractivity contribution in [3.8, 4) is 11.5 Å². The Bertz CT molecular complexity index is 527. The molecule has 1 N–H and O–H groups in total. The van der Waals surface area contributed by atoms with Gasteiger partial charge in [0.05, 0.1) is 6.42 Å². The van der Waals surface area contributed by atoms with Crippen LogP contribution in [0, 0.1) is 6.92 Å². The fourth-order valence-electron chi connectivity index (χ4n) is 1.72. The number of phenols is 1. The fourth-order valence-corrected chi connectivity index (χ4v) is 1.72. The molecule has 0 radical (unpaired) electrons. The van der Waals surface area contributed by atoms with E-state index >= 15 is 0 Å². The van der Waals surface area contributed by atoms with Crippen molar-refractivity contribution >= 4 is 5.97 Å². The zero-order valence-electron chi connectivity index (χ0n) is 10.1. The summed E-state index contributed by atoms with van der Waals surface area (Å²) in [7, 11) is 0. The summed E-state index contributed by atoms with van der Waals surface area (Å²) < 4.78 is 5.18. The van der Waals surface area contributed by atoms with E-state index in [4.69, 9.17) is 4.74 Å². The molecule has 0 aromatic heterocycles. The Morgan fingerprint density at radius 1 is 1.17 bits per heavy atom. The quantitative estimate of drug-likeness (QED) is 0.665. The molecule has 2 aromatic rings. The SMILES string of the molecule is Cc1cc(O)cc(OC(=O)Cc2ccccc2)c1. The van der Waals surface area contributed by atoms with E-state index < -0.39 is 0 Å². The Morgan fingerprint density at radius 3 is 2.56 bits per heavy atom. The van der Waals surface area contributed by atoms with E-state index in [1.165, 1.54) is 6.07 Å². The second-order valence-electron chi connectivity index (χ2n) is 4.14. The standard InChI is InChI=1S/C15H14O3/c1-11-7-13(16)10-14(8-11)18-15(17)9-12-5-3-2-4-6-12/h2-8,10,16H,9H2,1H3. The minimum absolute atomic E-state index is 0.0949. The Kier molecular flexibility index (Phi) is 3.63. The molecule has 2 aromatic carbocycles. The third-order valence-electron chi connectivity index (χ3n) is 2.46. The molecule has 92 valence electrons. The minimum Gasteiger partial charge on any atom is -0.508 e. The van der Waals surface area contributed by atoms with Crippen LogP contribution in [0.1, 0.15) is 11.1 Å². The summed E-state index contributed by atoms with van der Waals surface area (Å²) in [5, 5.41) is 9.41. The van der Waals surface area contributed by atoms with Crippen molar-refractivity contribution in [2.24, 2.45) is 0 Å². The molecule has 0 fully saturated rings. The molecule has 0 aliphatic carbocycles. The third kappa shape index (κ3) is 3.35. The summed E-state index contributed by atoms with van der Waals surface area (Å²) in [6, 6.07) is 14.1. The van der Waals surface area contributed by atoms with Crippen LogP contribution in [0.15, 0.2) is 48.5 Å². The molecule has 0 aliphatic heterocycles. The number of benzene rings is 2. The Balaban J connectivity index is 2.03. The zero-order valence-corrected chi connectivity index (χ0v) is 10.1. The lowest BCUT2D eigenvalue weighted by Gasteiger charge is -2.06. The van der Waals surface area contributed by atoms with Crippen LogP contribution < -0.4 is 4.74 Å². The van der Waals surface area contributed by atoms with E-state index in [0.717, 1.165) is 11.1 Å². The zero-order chi connectivity index (χ0) is 13.0. The molecule has 0 aliphatic rings. The van der Waals surface area contributed by atoms with Gasteiger partial charge in [-0.15, -0.1) is 0 Å². The number of ether oxygens (including phenoxy) is 1. The molecule has 2 rings (SSSR count). The van der Waals surface area contributed by atoms with Gasteiger partial charge in [0.2, 0.25) is 0 Å². The second kappa shape index (κ2) is 5.36. The van der Waals surface area contributed by atoms with Gasteiger partial charge in [-0.1, -0.05) is 30.3 Å². The number of rotatable bonds is 3. The van der Waals surface area contributed by atoms with Gasteiger partial charge in [-0.25, -0.2) is 0 Å². The molecule has 0 bridgehead atoms. The van der Waals surface area contributed by atoms with Crippen LogP contribution in [-0.4, -0.2) is 11.1 Å². The molecule has 0 spiro atoms. The molecule has 3 nitrogen and oxygen atoms in total. The predicted octanol–water partition coefficient (Wildman–Crippen LogP) is 2.85. The van der Waals surface area contributed by atoms with Crippen LogP contribution in [0.25, 0.3) is 0 Å². The Morgan fingerprint density at radius 2 is 1.89 bits per heavy atom. The molecule has 3 heteroatoms. The molecule has 18 heavy (non-hydrogen) atoms. The second-order valence-corrected chi connectivity index (χ2v) is 4.14. The molecule has 0 amide bonds. The number of phenolic OH excluding ortho intramolecular Hbond substituents is 1. The summed E-state index contributed by atoms with van der Waals surface area (Å²) in [5.41, 5.74) is 1.75. The molecule has 0 atom stereocenters. The summed E-state index contributed by atoms with van der Waals surface area (Å²) in [6.07, 6.45) is 0.218. The highest BCUT2D eigenvalue weighted by Crippen LogP contribution is 2.21. The lowest BCUT2D eigenvalue weighted by atomic mass is 10.1. The number of aromatic hydroxyl groups is 1. The lowest BCUT2D eigenvalue weighted by molar-refractivity contribution is -0.133. The fraction of sp³-hybridized carbons (Fsp3) is 0.133. The maximum atomic E-state index is 11.7. The first-order valence-corrected chi connectivity index (χ1v) is 5.69. The largest absolute Gasteiger partial charge is 0.508 e. The van der Waals surface area contributed by atoms with Crippen molar-refractivity contribution in [2.45, 2.75) is 13.3 Å². The van der Waals surface area contributed by atoms with Crippen LogP contribution in [-0.2, 0) is 11.2 Å². The monoisotopic (exact) mass is 242 g/mol. The highest BCUT2D eigenvalue weighted by Gasteiger charge is 2.07. The maximum absolute atomic E-state index is 11.7. The van der Waals surface area contributed by atoms with E-state index in [0.29, 0.717) is 5.75 Å². The van der Waals surface area contributed by atoms with E-state index in [-0.39, 0.29) is 18.1 Å². The average molecular weight is 242 g/mol. The van der Waals surface area contributed by atoms with Gasteiger partial charge in [0.25, 0.3) is 0 Å². The van der Waals surface area contributed by atoms with Crippen molar-refractivity contribution in [1.82, 2.24) is 0 Å². The van der Waals surface area contributed by atoms with E-state index in [1.54, 1.807) is 12.1 Å². The number of aryl methyl sites for hydroxylation is 1. The number of esters is 1. The van der Waals surface area contributed by atoms with E-state index in [2.05, 4.69) is 0 Å². The topological polar surface area (TPSA) is 46.5 Å². The first-order valence-electron chi connectivity index (χ1n) is 5.69. The number of carbonyl (C=O) groups excluding carboxylic acids is 1. The van der Waals surface area contributed by atoms with Crippen molar-refractivity contribution < 1.29 is 14.6 Å². The van der Waals surface area contributed by atoms with Crippen molar-refractivity contribution in [1.29, 1.82) is 0 Å². The molecule has 0 saturated carbocycles. The number of hydrogen-bond donors (Lipinski definition) is 1. The van der Waals surface area contributed by atoms with Crippen LogP contribution in [0.2, 0.25) is 0 Å². The van der Waals surface area contributed by atoms with Crippen LogP contribution in [0.4, 0.5) is 0 Å². The average Bonchev–Trinajstić information content (AvgIpc) is 2.28. The molecular weight excluding hydrogens is 228 g/mol.